The number of rotatable bonds is 9. The Morgan fingerprint density at radius 3 is 2.07 bits per heavy atom. The van der Waals surface area contributed by atoms with Crippen LogP contribution in [0.25, 0.3) is 0 Å². The molecule has 0 heterocycles. The molecule has 0 saturated heterocycles. The number of carbonyl (C=O) groups is 1. The molecule has 1 N–H and O–H groups in total. The van der Waals surface area contributed by atoms with Crippen LogP contribution in [-0.4, -0.2) is 19.6 Å². The average molecular weight is 411 g/mol. The summed E-state index contributed by atoms with van der Waals surface area (Å²) < 4.78 is 34.4. The first kappa shape index (κ1) is 21.3. The summed E-state index contributed by atoms with van der Waals surface area (Å²) in [5.41, 5.74) is 2.72. The number of methoxy groups -OCH3 is 1. The number of carbonyl (C=O) groups excluding carboxylic acids is 1. The Kier molecular flexibility index (Phi) is 7.38. The minimum absolute atomic E-state index is 0.0754. The van der Waals surface area contributed by atoms with Gasteiger partial charge < -0.3 is 14.8 Å². The maximum atomic E-state index is 12.6. The van der Waals surface area contributed by atoms with Crippen LogP contribution in [0.5, 0.6) is 11.5 Å². The lowest BCUT2D eigenvalue weighted by atomic mass is 9.98. The Hall–Kier alpha value is -3.41. The Morgan fingerprint density at radius 1 is 0.867 bits per heavy atom. The normalized spacial score (nSPS) is 11.7. The van der Waals surface area contributed by atoms with Gasteiger partial charge in [0.05, 0.1) is 13.2 Å². The van der Waals surface area contributed by atoms with Gasteiger partial charge in [-0.05, 0) is 47.4 Å². The number of hydrogen-bond acceptors (Lipinski definition) is 3. The van der Waals surface area contributed by atoms with E-state index in [0.717, 1.165) is 22.4 Å². The van der Waals surface area contributed by atoms with E-state index in [1.165, 1.54) is 12.1 Å². The second-order valence-corrected chi connectivity index (χ2v) is 6.71. The number of nitrogens with one attached hydrogen (secondary N) is 1. The third kappa shape index (κ3) is 6.04. The standard InChI is InChI=1S/C24H23F2NO3/c1-29-20-12-7-17(8-13-20)9-16-22(28)27-23(18-5-3-2-4-6-18)19-10-14-21(15-11-19)30-24(25)26/h2-8,10-15,23-24H,9,16H2,1H3,(H,27,28)/t23-/m0/s1. The molecule has 30 heavy (non-hydrogen) atoms. The van der Waals surface area contributed by atoms with Gasteiger partial charge in [0, 0.05) is 6.42 Å². The Balaban J connectivity index is 1.70. The van der Waals surface area contributed by atoms with Crippen LogP contribution < -0.4 is 14.8 Å². The molecular formula is C24H23F2NO3. The predicted octanol–water partition coefficient (Wildman–Crippen LogP) is 5.14. The monoisotopic (exact) mass is 411 g/mol. The van der Waals surface area contributed by atoms with E-state index in [1.54, 1.807) is 19.2 Å². The van der Waals surface area contributed by atoms with E-state index in [-0.39, 0.29) is 11.7 Å². The highest BCUT2D eigenvalue weighted by Crippen LogP contribution is 2.25. The van der Waals surface area contributed by atoms with E-state index >= 15 is 0 Å². The summed E-state index contributed by atoms with van der Waals surface area (Å²) in [6, 6.07) is 23.0. The highest BCUT2D eigenvalue weighted by Gasteiger charge is 2.17. The number of aryl methyl sites for hydroxylation is 1. The molecule has 0 aliphatic rings. The van der Waals surface area contributed by atoms with E-state index in [0.29, 0.717) is 12.8 Å². The van der Waals surface area contributed by atoms with E-state index in [9.17, 15) is 13.6 Å². The topological polar surface area (TPSA) is 47.6 Å². The summed E-state index contributed by atoms with van der Waals surface area (Å²) in [7, 11) is 1.61. The van der Waals surface area contributed by atoms with Crippen molar-refractivity contribution in [1.82, 2.24) is 5.32 Å². The maximum Gasteiger partial charge on any atom is 0.387 e. The average Bonchev–Trinajstić information content (AvgIpc) is 2.77. The molecule has 0 aliphatic heterocycles. The molecule has 0 saturated carbocycles. The van der Waals surface area contributed by atoms with Crippen LogP contribution >= 0.6 is 0 Å². The van der Waals surface area contributed by atoms with Gasteiger partial charge in [0.25, 0.3) is 0 Å². The Morgan fingerprint density at radius 2 is 1.47 bits per heavy atom. The van der Waals surface area contributed by atoms with Crippen LogP contribution in [0.15, 0.2) is 78.9 Å². The molecule has 1 amide bonds. The van der Waals surface area contributed by atoms with Crippen molar-refractivity contribution >= 4 is 5.91 Å². The molecule has 0 aromatic heterocycles. The van der Waals surface area contributed by atoms with Gasteiger partial charge in [0.2, 0.25) is 5.91 Å². The molecule has 0 spiro atoms. The van der Waals surface area contributed by atoms with Crippen LogP contribution in [0, 0.1) is 0 Å². The largest absolute Gasteiger partial charge is 0.497 e. The van der Waals surface area contributed by atoms with Gasteiger partial charge in [-0.3, -0.25) is 4.79 Å². The summed E-state index contributed by atoms with van der Waals surface area (Å²) >= 11 is 0. The molecule has 1 atom stereocenters. The molecule has 3 rings (SSSR count). The fourth-order valence-corrected chi connectivity index (χ4v) is 3.13. The van der Waals surface area contributed by atoms with Crippen LogP contribution in [0.4, 0.5) is 8.78 Å². The summed E-state index contributed by atoms with van der Waals surface area (Å²) in [5.74, 6) is 0.741. The first-order chi connectivity index (χ1) is 14.5. The first-order valence-corrected chi connectivity index (χ1v) is 9.57. The highest BCUT2D eigenvalue weighted by molar-refractivity contribution is 5.77. The lowest BCUT2D eigenvalue weighted by Crippen LogP contribution is -2.29. The van der Waals surface area contributed by atoms with Crippen molar-refractivity contribution in [3.8, 4) is 11.5 Å². The number of ether oxygens (including phenoxy) is 2. The molecule has 0 bridgehead atoms. The Labute approximate surface area is 174 Å². The van der Waals surface area contributed by atoms with Crippen molar-refractivity contribution in [3.05, 3.63) is 95.6 Å². The summed E-state index contributed by atoms with van der Waals surface area (Å²) in [5, 5.41) is 3.05. The molecule has 4 nitrogen and oxygen atoms in total. The molecule has 0 unspecified atom stereocenters. The van der Waals surface area contributed by atoms with Crippen molar-refractivity contribution in [2.75, 3.05) is 7.11 Å². The van der Waals surface area contributed by atoms with Gasteiger partial charge in [-0.1, -0.05) is 54.6 Å². The SMILES string of the molecule is COc1ccc(CCC(=O)N[C@@H](c2ccccc2)c2ccc(OC(F)F)cc2)cc1. The Bertz CT molecular complexity index is 929. The van der Waals surface area contributed by atoms with Crippen molar-refractivity contribution in [2.24, 2.45) is 0 Å². The number of benzene rings is 3. The van der Waals surface area contributed by atoms with Crippen molar-refractivity contribution < 1.29 is 23.0 Å². The first-order valence-electron chi connectivity index (χ1n) is 9.57. The van der Waals surface area contributed by atoms with Gasteiger partial charge >= 0.3 is 6.61 Å². The van der Waals surface area contributed by atoms with Crippen LogP contribution in [0.2, 0.25) is 0 Å². The lowest BCUT2D eigenvalue weighted by Gasteiger charge is -2.20. The van der Waals surface area contributed by atoms with Gasteiger partial charge in [-0.2, -0.15) is 8.78 Å². The highest BCUT2D eigenvalue weighted by atomic mass is 19.3. The smallest absolute Gasteiger partial charge is 0.387 e. The third-order valence-electron chi connectivity index (χ3n) is 4.68. The minimum Gasteiger partial charge on any atom is -0.497 e. The number of amides is 1. The lowest BCUT2D eigenvalue weighted by molar-refractivity contribution is -0.121. The zero-order chi connectivity index (χ0) is 21.3. The molecule has 3 aromatic carbocycles. The predicted molar refractivity (Wildman–Crippen MR) is 111 cm³/mol. The fourth-order valence-electron chi connectivity index (χ4n) is 3.13. The van der Waals surface area contributed by atoms with E-state index < -0.39 is 12.7 Å². The van der Waals surface area contributed by atoms with Gasteiger partial charge in [-0.15, -0.1) is 0 Å². The van der Waals surface area contributed by atoms with Crippen LogP contribution in [-0.2, 0) is 11.2 Å². The molecule has 156 valence electrons. The molecule has 3 aromatic rings. The van der Waals surface area contributed by atoms with Crippen LogP contribution in [0.1, 0.15) is 29.2 Å². The minimum atomic E-state index is -2.88. The van der Waals surface area contributed by atoms with Gasteiger partial charge in [0.1, 0.15) is 11.5 Å². The number of alkyl halides is 2. The summed E-state index contributed by atoms with van der Waals surface area (Å²) in [6.07, 6.45) is 0.917. The van der Waals surface area contributed by atoms with Gasteiger partial charge in [-0.25, -0.2) is 0 Å². The van der Waals surface area contributed by atoms with Crippen molar-refractivity contribution in [2.45, 2.75) is 25.5 Å². The molecule has 6 heteroatoms. The fraction of sp³-hybridized carbons (Fsp3) is 0.208. The quantitative estimate of drug-likeness (QED) is 0.531. The van der Waals surface area contributed by atoms with E-state index in [1.807, 2.05) is 54.6 Å². The number of halogens is 2. The second-order valence-electron chi connectivity index (χ2n) is 6.71. The molecule has 0 radical (unpaired) electrons. The third-order valence-corrected chi connectivity index (χ3v) is 4.68. The molecule has 0 aliphatic carbocycles. The maximum absolute atomic E-state index is 12.6. The summed E-state index contributed by atoms with van der Waals surface area (Å²) in [6.45, 7) is -2.88. The zero-order valence-electron chi connectivity index (χ0n) is 16.6. The van der Waals surface area contributed by atoms with Crippen molar-refractivity contribution in [3.63, 3.8) is 0 Å². The molecule has 0 fully saturated rings. The zero-order valence-corrected chi connectivity index (χ0v) is 16.6. The number of hydrogen-bond donors (Lipinski definition) is 1. The van der Waals surface area contributed by atoms with E-state index in [4.69, 9.17) is 4.74 Å². The summed E-state index contributed by atoms with van der Waals surface area (Å²) in [4.78, 5) is 12.6. The van der Waals surface area contributed by atoms with Gasteiger partial charge in [0.15, 0.2) is 0 Å². The molecular weight excluding hydrogens is 388 g/mol. The second kappa shape index (κ2) is 10.4. The van der Waals surface area contributed by atoms with E-state index in [2.05, 4.69) is 10.1 Å². The van der Waals surface area contributed by atoms with Crippen LogP contribution in [0.3, 0.4) is 0 Å². The van der Waals surface area contributed by atoms with Crippen molar-refractivity contribution in [1.29, 1.82) is 0 Å².